The van der Waals surface area contributed by atoms with Crippen LogP contribution in [0.2, 0.25) is 0 Å². The van der Waals surface area contributed by atoms with E-state index in [9.17, 15) is 4.79 Å². The van der Waals surface area contributed by atoms with Crippen LogP contribution in [0.15, 0.2) is 54.9 Å². The summed E-state index contributed by atoms with van der Waals surface area (Å²) in [7, 11) is 0. The fraction of sp³-hybridized carbons (Fsp3) is 0.318. The zero-order chi connectivity index (χ0) is 20.2. The van der Waals surface area contributed by atoms with Crippen molar-refractivity contribution in [2.45, 2.75) is 13.8 Å². The molecule has 0 bridgehead atoms. The molecule has 0 spiro atoms. The Balaban J connectivity index is 1.42. The summed E-state index contributed by atoms with van der Waals surface area (Å²) in [6.45, 7) is 7.27. The van der Waals surface area contributed by atoms with Gasteiger partial charge in [0, 0.05) is 50.2 Å². The third kappa shape index (κ3) is 4.23. The van der Waals surface area contributed by atoms with E-state index in [2.05, 4.69) is 14.9 Å². The van der Waals surface area contributed by atoms with Gasteiger partial charge in [-0.1, -0.05) is 0 Å². The highest BCUT2D eigenvalue weighted by atomic mass is 16.5. The zero-order valence-corrected chi connectivity index (χ0v) is 16.8. The summed E-state index contributed by atoms with van der Waals surface area (Å²) in [5.41, 5.74) is 0.690. The molecule has 0 aliphatic carbocycles. The van der Waals surface area contributed by atoms with E-state index in [1.54, 1.807) is 0 Å². The number of anilines is 1. The standard InChI is InChI=1S/C22H25N5O2/c1-3-29-19-8-6-18(7-9-19)22(28)27-14-12-26(13-15-27)21-16-20(23-17(2)24-21)25-10-4-5-11-25/h4-11,16H,3,12-15H2,1-2H3. The van der Waals surface area contributed by atoms with E-state index in [0.717, 1.165) is 36.3 Å². The van der Waals surface area contributed by atoms with Gasteiger partial charge >= 0.3 is 0 Å². The smallest absolute Gasteiger partial charge is 0.253 e. The Morgan fingerprint density at radius 1 is 1.00 bits per heavy atom. The molecule has 0 radical (unpaired) electrons. The highest BCUT2D eigenvalue weighted by Gasteiger charge is 2.23. The van der Waals surface area contributed by atoms with Crippen LogP contribution >= 0.6 is 0 Å². The largest absolute Gasteiger partial charge is 0.494 e. The molecule has 0 N–H and O–H groups in total. The van der Waals surface area contributed by atoms with Gasteiger partial charge in [-0.05, 0) is 50.2 Å². The maximum absolute atomic E-state index is 12.8. The fourth-order valence-electron chi connectivity index (χ4n) is 3.50. The van der Waals surface area contributed by atoms with Gasteiger partial charge in [-0.25, -0.2) is 9.97 Å². The van der Waals surface area contributed by atoms with Crippen LogP contribution in [0.4, 0.5) is 5.82 Å². The minimum atomic E-state index is 0.0552. The van der Waals surface area contributed by atoms with Gasteiger partial charge in [-0.3, -0.25) is 4.79 Å². The molecule has 1 fully saturated rings. The van der Waals surface area contributed by atoms with Crippen LogP contribution in [0.1, 0.15) is 23.1 Å². The molecule has 1 amide bonds. The summed E-state index contributed by atoms with van der Waals surface area (Å²) in [6, 6.07) is 13.3. The van der Waals surface area contributed by atoms with Gasteiger partial charge in [0.25, 0.3) is 5.91 Å². The molecule has 0 atom stereocenters. The van der Waals surface area contributed by atoms with Crippen LogP contribution < -0.4 is 9.64 Å². The minimum Gasteiger partial charge on any atom is -0.494 e. The molecular weight excluding hydrogens is 366 g/mol. The SMILES string of the molecule is CCOc1ccc(C(=O)N2CCN(c3cc(-n4cccc4)nc(C)n3)CC2)cc1. The summed E-state index contributed by atoms with van der Waals surface area (Å²) < 4.78 is 7.43. The molecule has 2 aromatic heterocycles. The van der Waals surface area contributed by atoms with Crippen LogP contribution in [-0.2, 0) is 0 Å². The fourth-order valence-corrected chi connectivity index (χ4v) is 3.50. The lowest BCUT2D eigenvalue weighted by Crippen LogP contribution is -2.49. The quantitative estimate of drug-likeness (QED) is 0.669. The lowest BCUT2D eigenvalue weighted by atomic mass is 10.1. The highest BCUT2D eigenvalue weighted by molar-refractivity contribution is 5.94. The molecule has 1 saturated heterocycles. The van der Waals surface area contributed by atoms with Gasteiger partial charge in [0.15, 0.2) is 0 Å². The summed E-state index contributed by atoms with van der Waals surface area (Å²) in [6.07, 6.45) is 3.94. The second kappa shape index (κ2) is 8.34. The normalized spacial score (nSPS) is 14.1. The van der Waals surface area contributed by atoms with E-state index in [1.165, 1.54) is 0 Å². The number of aromatic nitrogens is 3. The van der Waals surface area contributed by atoms with E-state index in [-0.39, 0.29) is 5.91 Å². The van der Waals surface area contributed by atoms with Gasteiger partial charge in [0.2, 0.25) is 0 Å². The first-order valence-corrected chi connectivity index (χ1v) is 9.90. The lowest BCUT2D eigenvalue weighted by Gasteiger charge is -2.35. The molecule has 150 valence electrons. The number of amides is 1. The summed E-state index contributed by atoms with van der Waals surface area (Å²) in [4.78, 5) is 26.1. The molecule has 4 rings (SSSR count). The highest BCUT2D eigenvalue weighted by Crippen LogP contribution is 2.19. The maximum atomic E-state index is 12.8. The van der Waals surface area contributed by atoms with E-state index >= 15 is 0 Å². The monoisotopic (exact) mass is 391 g/mol. The van der Waals surface area contributed by atoms with Crippen molar-refractivity contribution in [1.82, 2.24) is 19.4 Å². The number of hydrogen-bond donors (Lipinski definition) is 0. The molecule has 0 unspecified atom stereocenters. The van der Waals surface area contributed by atoms with E-state index in [0.29, 0.717) is 25.3 Å². The molecule has 1 aliphatic rings. The molecule has 3 heterocycles. The van der Waals surface area contributed by atoms with Crippen molar-refractivity contribution in [3.63, 3.8) is 0 Å². The second-order valence-corrected chi connectivity index (χ2v) is 6.96. The Morgan fingerprint density at radius 2 is 1.66 bits per heavy atom. The second-order valence-electron chi connectivity index (χ2n) is 6.96. The molecular formula is C22H25N5O2. The number of ether oxygens (including phenoxy) is 1. The molecule has 7 heteroatoms. The number of aryl methyl sites for hydroxylation is 1. The van der Waals surface area contributed by atoms with Crippen LogP contribution in [-0.4, -0.2) is 58.1 Å². The number of nitrogens with zero attached hydrogens (tertiary/aromatic N) is 5. The Bertz CT molecular complexity index is 961. The van der Waals surface area contributed by atoms with Crippen LogP contribution in [0.3, 0.4) is 0 Å². The van der Waals surface area contributed by atoms with Crippen LogP contribution in [0, 0.1) is 6.92 Å². The maximum Gasteiger partial charge on any atom is 0.253 e. The van der Waals surface area contributed by atoms with Crippen LogP contribution in [0.5, 0.6) is 5.75 Å². The van der Waals surface area contributed by atoms with Crippen molar-refractivity contribution in [3.8, 4) is 11.6 Å². The van der Waals surface area contributed by atoms with Crippen molar-refractivity contribution in [1.29, 1.82) is 0 Å². The number of rotatable bonds is 5. The molecule has 3 aromatic rings. The topological polar surface area (TPSA) is 63.5 Å². The summed E-state index contributed by atoms with van der Waals surface area (Å²) >= 11 is 0. The Hall–Kier alpha value is -3.35. The third-order valence-corrected chi connectivity index (χ3v) is 4.98. The predicted octanol–water partition coefficient (Wildman–Crippen LogP) is 2.94. The van der Waals surface area contributed by atoms with Gasteiger partial charge < -0.3 is 19.1 Å². The average molecular weight is 391 g/mol. The molecule has 0 saturated carbocycles. The van der Waals surface area contributed by atoms with E-state index in [4.69, 9.17) is 4.74 Å². The number of piperazine rings is 1. The Morgan fingerprint density at radius 3 is 2.31 bits per heavy atom. The molecule has 1 aliphatic heterocycles. The van der Waals surface area contributed by atoms with Gasteiger partial charge in [0.1, 0.15) is 23.2 Å². The Labute approximate surface area is 170 Å². The predicted molar refractivity (Wildman–Crippen MR) is 112 cm³/mol. The van der Waals surface area contributed by atoms with Crippen molar-refractivity contribution in [3.05, 3.63) is 66.2 Å². The molecule has 7 nitrogen and oxygen atoms in total. The van der Waals surface area contributed by atoms with Gasteiger partial charge in [0.05, 0.1) is 6.61 Å². The minimum absolute atomic E-state index is 0.0552. The lowest BCUT2D eigenvalue weighted by molar-refractivity contribution is 0.0746. The molecule has 29 heavy (non-hydrogen) atoms. The average Bonchev–Trinajstić information content (AvgIpc) is 3.29. The first-order chi connectivity index (χ1) is 14.1. The van der Waals surface area contributed by atoms with E-state index < -0.39 is 0 Å². The van der Waals surface area contributed by atoms with Crippen molar-refractivity contribution < 1.29 is 9.53 Å². The van der Waals surface area contributed by atoms with E-state index in [1.807, 2.05) is 78.2 Å². The molecule has 1 aromatic carbocycles. The number of benzene rings is 1. The number of carbonyl (C=O) groups is 1. The van der Waals surface area contributed by atoms with Crippen LogP contribution in [0.25, 0.3) is 5.82 Å². The summed E-state index contributed by atoms with van der Waals surface area (Å²) in [5.74, 6) is 3.32. The third-order valence-electron chi connectivity index (χ3n) is 4.98. The zero-order valence-electron chi connectivity index (χ0n) is 16.8. The Kier molecular flexibility index (Phi) is 5.46. The van der Waals surface area contributed by atoms with Crippen molar-refractivity contribution in [2.75, 3.05) is 37.7 Å². The first-order valence-electron chi connectivity index (χ1n) is 9.90. The van der Waals surface area contributed by atoms with Crippen molar-refractivity contribution >= 4 is 11.7 Å². The van der Waals surface area contributed by atoms with Gasteiger partial charge in [-0.2, -0.15) is 0 Å². The first kappa shape index (κ1) is 19.0. The number of carbonyl (C=O) groups excluding carboxylic acids is 1. The van der Waals surface area contributed by atoms with Gasteiger partial charge in [-0.15, -0.1) is 0 Å². The van der Waals surface area contributed by atoms with Crippen molar-refractivity contribution in [2.24, 2.45) is 0 Å². The summed E-state index contributed by atoms with van der Waals surface area (Å²) in [5, 5.41) is 0. The number of hydrogen-bond acceptors (Lipinski definition) is 5.